The molecule has 1 aromatic heterocycles. The number of nitrogen functional groups attached to an aromatic ring is 1. The highest BCUT2D eigenvalue weighted by atomic mass is 35.5. The van der Waals surface area contributed by atoms with Crippen molar-refractivity contribution < 1.29 is 4.39 Å². The predicted octanol–water partition coefficient (Wildman–Crippen LogP) is 4.89. The van der Waals surface area contributed by atoms with Gasteiger partial charge in [-0.25, -0.2) is 4.39 Å². The van der Waals surface area contributed by atoms with E-state index in [9.17, 15) is 4.39 Å². The lowest BCUT2D eigenvalue weighted by molar-refractivity contribution is 0.576. The Morgan fingerprint density at radius 2 is 1.90 bits per heavy atom. The number of benzene rings is 1. The van der Waals surface area contributed by atoms with Crippen molar-refractivity contribution in [1.29, 1.82) is 0 Å². The SMILES string of the molecule is Nc1n[nH]c(C2CCCCCC2)c1-c1cccc(Cl)c1F. The smallest absolute Gasteiger partial charge is 0.153 e. The number of hydrogen-bond acceptors (Lipinski definition) is 2. The van der Waals surface area contributed by atoms with Crippen LogP contribution in [0.25, 0.3) is 11.1 Å². The lowest BCUT2D eigenvalue weighted by Gasteiger charge is -2.15. The molecule has 1 aromatic carbocycles. The van der Waals surface area contributed by atoms with Crippen LogP contribution in [-0.2, 0) is 0 Å². The Morgan fingerprint density at radius 3 is 2.62 bits per heavy atom. The van der Waals surface area contributed by atoms with Gasteiger partial charge in [-0.3, -0.25) is 5.10 Å². The summed E-state index contributed by atoms with van der Waals surface area (Å²) < 4.78 is 14.3. The molecule has 0 atom stereocenters. The first-order chi connectivity index (χ1) is 10.2. The maximum atomic E-state index is 14.3. The Morgan fingerprint density at radius 1 is 1.19 bits per heavy atom. The van der Waals surface area contributed by atoms with Gasteiger partial charge >= 0.3 is 0 Å². The number of hydrogen-bond donors (Lipinski definition) is 2. The van der Waals surface area contributed by atoms with Crippen molar-refractivity contribution in [1.82, 2.24) is 10.2 Å². The molecule has 0 spiro atoms. The second kappa shape index (κ2) is 6.06. The zero-order valence-corrected chi connectivity index (χ0v) is 12.6. The first-order valence-corrected chi connectivity index (χ1v) is 7.84. The summed E-state index contributed by atoms with van der Waals surface area (Å²) in [6.45, 7) is 0. The molecule has 1 saturated carbocycles. The zero-order valence-electron chi connectivity index (χ0n) is 11.8. The molecule has 0 bridgehead atoms. The molecule has 2 aromatic rings. The molecule has 5 heteroatoms. The predicted molar refractivity (Wildman–Crippen MR) is 83.8 cm³/mol. The second-order valence-corrected chi connectivity index (χ2v) is 6.09. The van der Waals surface area contributed by atoms with Crippen LogP contribution in [0.1, 0.15) is 50.1 Å². The topological polar surface area (TPSA) is 54.7 Å². The van der Waals surface area contributed by atoms with Gasteiger partial charge in [0.25, 0.3) is 0 Å². The Labute approximate surface area is 128 Å². The number of rotatable bonds is 2. The third-order valence-corrected chi connectivity index (χ3v) is 4.60. The summed E-state index contributed by atoms with van der Waals surface area (Å²) in [5.74, 6) is 0.281. The van der Waals surface area contributed by atoms with Crippen molar-refractivity contribution in [2.45, 2.75) is 44.4 Å². The molecular formula is C16H19ClFN3. The van der Waals surface area contributed by atoms with E-state index >= 15 is 0 Å². The fourth-order valence-corrected chi connectivity index (χ4v) is 3.39. The van der Waals surface area contributed by atoms with Crippen molar-refractivity contribution in [3.63, 3.8) is 0 Å². The standard InChI is InChI=1S/C16H19ClFN3/c17-12-9-5-8-11(14(12)18)13-15(20-21-16(13)19)10-6-3-1-2-4-7-10/h5,8-10H,1-4,6-7H2,(H3,19,20,21). The van der Waals surface area contributed by atoms with Crippen LogP contribution in [0.3, 0.4) is 0 Å². The average molecular weight is 308 g/mol. The molecule has 0 unspecified atom stereocenters. The molecule has 3 rings (SSSR count). The zero-order chi connectivity index (χ0) is 14.8. The van der Waals surface area contributed by atoms with Gasteiger partial charge < -0.3 is 5.73 Å². The van der Waals surface area contributed by atoms with Crippen LogP contribution in [0.5, 0.6) is 0 Å². The minimum atomic E-state index is -0.429. The van der Waals surface area contributed by atoms with Crippen LogP contribution in [-0.4, -0.2) is 10.2 Å². The highest BCUT2D eigenvalue weighted by Gasteiger charge is 2.24. The summed E-state index contributed by atoms with van der Waals surface area (Å²) in [7, 11) is 0. The van der Waals surface area contributed by atoms with Crippen LogP contribution < -0.4 is 5.73 Å². The van der Waals surface area contributed by atoms with Gasteiger partial charge in [0.1, 0.15) is 5.82 Å². The molecule has 1 heterocycles. The third-order valence-electron chi connectivity index (χ3n) is 4.31. The first-order valence-electron chi connectivity index (χ1n) is 7.46. The molecule has 0 aliphatic heterocycles. The molecule has 3 N–H and O–H groups in total. The second-order valence-electron chi connectivity index (χ2n) is 5.69. The maximum Gasteiger partial charge on any atom is 0.153 e. The normalized spacial score (nSPS) is 16.9. The first kappa shape index (κ1) is 14.4. The fourth-order valence-electron chi connectivity index (χ4n) is 3.21. The summed E-state index contributed by atoms with van der Waals surface area (Å²) in [5.41, 5.74) is 8.06. The van der Waals surface area contributed by atoms with E-state index in [0.29, 0.717) is 22.9 Å². The van der Waals surface area contributed by atoms with Crippen LogP contribution in [0, 0.1) is 5.82 Å². The Bertz CT molecular complexity index is 630. The number of H-pyrrole nitrogens is 1. The highest BCUT2D eigenvalue weighted by Crippen LogP contribution is 2.40. The monoisotopic (exact) mass is 307 g/mol. The number of anilines is 1. The van der Waals surface area contributed by atoms with Gasteiger partial charge in [0, 0.05) is 22.7 Å². The number of aromatic amines is 1. The maximum absolute atomic E-state index is 14.3. The van der Waals surface area contributed by atoms with Crippen molar-refractivity contribution in [3.05, 3.63) is 34.7 Å². The van der Waals surface area contributed by atoms with Gasteiger partial charge in [0.15, 0.2) is 5.82 Å². The van der Waals surface area contributed by atoms with Gasteiger partial charge in [-0.2, -0.15) is 5.10 Å². The Hall–Kier alpha value is -1.55. The van der Waals surface area contributed by atoms with Crippen LogP contribution >= 0.6 is 11.6 Å². The van der Waals surface area contributed by atoms with Gasteiger partial charge in [-0.05, 0) is 18.9 Å². The number of nitrogens with two attached hydrogens (primary N) is 1. The molecule has 1 aliphatic carbocycles. The molecule has 1 aliphatic rings. The third kappa shape index (κ3) is 2.77. The van der Waals surface area contributed by atoms with Crippen LogP contribution in [0.15, 0.2) is 18.2 Å². The minimum absolute atomic E-state index is 0.111. The Balaban J connectivity index is 2.06. The minimum Gasteiger partial charge on any atom is -0.382 e. The van der Waals surface area contributed by atoms with E-state index in [2.05, 4.69) is 10.2 Å². The van der Waals surface area contributed by atoms with Gasteiger partial charge in [-0.15, -0.1) is 0 Å². The average Bonchev–Trinajstić information content (AvgIpc) is 2.70. The van der Waals surface area contributed by atoms with E-state index in [4.69, 9.17) is 17.3 Å². The van der Waals surface area contributed by atoms with Crippen molar-refractivity contribution in [2.75, 3.05) is 5.73 Å². The molecule has 0 saturated heterocycles. The molecule has 21 heavy (non-hydrogen) atoms. The molecule has 0 radical (unpaired) electrons. The summed E-state index contributed by atoms with van der Waals surface area (Å²) in [6, 6.07) is 4.99. The van der Waals surface area contributed by atoms with E-state index < -0.39 is 5.82 Å². The summed E-state index contributed by atoms with van der Waals surface area (Å²) >= 11 is 5.90. The van der Waals surface area contributed by atoms with E-state index in [1.165, 1.54) is 25.7 Å². The quantitative estimate of drug-likeness (QED) is 0.776. The van der Waals surface area contributed by atoms with E-state index in [1.54, 1.807) is 18.2 Å². The van der Waals surface area contributed by atoms with Gasteiger partial charge in [0.2, 0.25) is 0 Å². The Kier molecular flexibility index (Phi) is 4.15. The largest absolute Gasteiger partial charge is 0.382 e. The fraction of sp³-hybridized carbons (Fsp3) is 0.438. The highest BCUT2D eigenvalue weighted by molar-refractivity contribution is 6.31. The van der Waals surface area contributed by atoms with E-state index in [-0.39, 0.29) is 5.02 Å². The lowest BCUT2D eigenvalue weighted by atomic mass is 9.91. The summed E-state index contributed by atoms with van der Waals surface area (Å²) in [6.07, 6.45) is 7.11. The number of halogens is 2. The van der Waals surface area contributed by atoms with Crippen molar-refractivity contribution in [2.24, 2.45) is 0 Å². The van der Waals surface area contributed by atoms with E-state index in [0.717, 1.165) is 18.5 Å². The number of aromatic nitrogens is 2. The molecule has 1 fully saturated rings. The van der Waals surface area contributed by atoms with Gasteiger partial charge in [0.05, 0.1) is 5.02 Å². The lowest BCUT2D eigenvalue weighted by Crippen LogP contribution is -2.01. The molecule has 0 amide bonds. The van der Waals surface area contributed by atoms with Crippen LogP contribution in [0.4, 0.5) is 10.2 Å². The van der Waals surface area contributed by atoms with Crippen molar-refractivity contribution in [3.8, 4) is 11.1 Å². The molecule has 3 nitrogen and oxygen atoms in total. The van der Waals surface area contributed by atoms with Crippen molar-refractivity contribution >= 4 is 17.4 Å². The van der Waals surface area contributed by atoms with E-state index in [1.807, 2.05) is 0 Å². The number of nitrogens with zero attached hydrogens (tertiary/aromatic N) is 1. The van der Waals surface area contributed by atoms with Gasteiger partial charge in [-0.1, -0.05) is 49.4 Å². The van der Waals surface area contributed by atoms with Crippen LogP contribution in [0.2, 0.25) is 5.02 Å². The summed E-state index contributed by atoms with van der Waals surface area (Å²) in [5, 5.41) is 7.26. The molecule has 112 valence electrons. The summed E-state index contributed by atoms with van der Waals surface area (Å²) in [4.78, 5) is 0. The number of nitrogens with one attached hydrogen (secondary N) is 1. The molecular weight excluding hydrogens is 289 g/mol.